The summed E-state index contributed by atoms with van der Waals surface area (Å²) in [6.45, 7) is 1.14. The van der Waals surface area contributed by atoms with Gasteiger partial charge in [-0.1, -0.05) is 35.4 Å². The van der Waals surface area contributed by atoms with Gasteiger partial charge in [-0.3, -0.25) is 8.96 Å². The number of imidazole rings is 1. The highest BCUT2D eigenvalue weighted by Crippen LogP contribution is 2.34. The van der Waals surface area contributed by atoms with Gasteiger partial charge in [0.2, 0.25) is 0 Å². The first-order valence-corrected chi connectivity index (χ1v) is 14.9. The average molecular weight is 601 g/mol. The molecule has 12 heteroatoms. The van der Waals surface area contributed by atoms with Crippen LogP contribution in [0.3, 0.4) is 0 Å². The second kappa shape index (κ2) is 12.3. The second-order valence-corrected chi connectivity index (χ2v) is 12.1. The van der Waals surface area contributed by atoms with Gasteiger partial charge < -0.3 is 14.6 Å². The normalized spacial score (nSPS) is 17.8. The molecule has 7 nitrogen and oxygen atoms in total. The molecule has 1 fully saturated rings. The first kappa shape index (κ1) is 28.8. The number of thiocarbonyl (C=S) groups is 1. The van der Waals surface area contributed by atoms with E-state index in [-0.39, 0.29) is 24.3 Å². The lowest BCUT2D eigenvalue weighted by Gasteiger charge is -2.27. The monoisotopic (exact) mass is 599 g/mol. The van der Waals surface area contributed by atoms with E-state index in [2.05, 4.69) is 5.32 Å². The van der Waals surface area contributed by atoms with Crippen LogP contribution < -0.4 is 9.50 Å². The fourth-order valence-corrected chi connectivity index (χ4v) is 6.31. The molecular formula is C26H28Cl2FN3O4S2. The first-order chi connectivity index (χ1) is 18.1. The number of hydrogen-bond acceptors (Lipinski definition) is 6. The van der Waals surface area contributed by atoms with E-state index < -0.39 is 22.5 Å². The number of aliphatic hydroxyl groups excluding tert-OH is 1. The van der Waals surface area contributed by atoms with E-state index in [1.165, 1.54) is 12.1 Å². The Morgan fingerprint density at radius 2 is 1.97 bits per heavy atom. The Hall–Kier alpha value is -2.24. The van der Waals surface area contributed by atoms with Crippen molar-refractivity contribution in [1.82, 2.24) is 14.9 Å². The molecule has 1 aliphatic rings. The SMILES string of the molecule is Cc1c(C(=S)NC2CCCC(O)C2)nc(-c2ccc(Cl)cc2Cl)n1-c1ccc(OS(=O)(=O)CCCF)cc1. The fourth-order valence-electron chi connectivity index (χ4n) is 4.50. The Balaban J connectivity index is 1.71. The number of rotatable bonds is 9. The van der Waals surface area contributed by atoms with Crippen molar-refractivity contribution in [3.05, 3.63) is 63.9 Å². The maximum atomic E-state index is 12.4. The quantitative estimate of drug-likeness (QED) is 0.237. The summed E-state index contributed by atoms with van der Waals surface area (Å²) < 4.78 is 43.5. The molecule has 0 saturated heterocycles. The summed E-state index contributed by atoms with van der Waals surface area (Å²) in [6, 6.07) is 11.6. The maximum absolute atomic E-state index is 12.4. The largest absolute Gasteiger partial charge is 0.393 e. The van der Waals surface area contributed by atoms with E-state index >= 15 is 0 Å². The smallest absolute Gasteiger partial charge is 0.309 e. The van der Waals surface area contributed by atoms with Gasteiger partial charge in [0.1, 0.15) is 22.3 Å². The average Bonchev–Trinajstić information content (AvgIpc) is 3.20. The van der Waals surface area contributed by atoms with Crippen molar-refractivity contribution in [2.24, 2.45) is 0 Å². The van der Waals surface area contributed by atoms with Crippen LogP contribution in [-0.2, 0) is 10.1 Å². The highest BCUT2D eigenvalue weighted by atomic mass is 35.5. The molecule has 0 amide bonds. The predicted octanol–water partition coefficient (Wildman–Crippen LogP) is 5.79. The lowest BCUT2D eigenvalue weighted by molar-refractivity contribution is 0.117. The molecule has 2 atom stereocenters. The van der Waals surface area contributed by atoms with Crippen molar-refractivity contribution in [3.63, 3.8) is 0 Å². The van der Waals surface area contributed by atoms with Crippen LogP contribution >= 0.6 is 35.4 Å². The van der Waals surface area contributed by atoms with Gasteiger partial charge in [0.05, 0.1) is 29.2 Å². The number of benzene rings is 2. The van der Waals surface area contributed by atoms with Crippen LogP contribution in [-0.4, -0.2) is 52.6 Å². The summed E-state index contributed by atoms with van der Waals surface area (Å²) in [5.74, 6) is 0.234. The van der Waals surface area contributed by atoms with Crippen molar-refractivity contribution < 1.29 is 22.1 Å². The van der Waals surface area contributed by atoms with Crippen LogP contribution in [0.25, 0.3) is 17.1 Å². The Kier molecular flexibility index (Phi) is 9.31. The molecule has 2 N–H and O–H groups in total. The van der Waals surface area contributed by atoms with Gasteiger partial charge in [-0.05, 0) is 81.5 Å². The summed E-state index contributed by atoms with van der Waals surface area (Å²) in [4.78, 5) is 5.32. The van der Waals surface area contributed by atoms with E-state index in [0.29, 0.717) is 44.2 Å². The number of halogens is 3. The van der Waals surface area contributed by atoms with Crippen molar-refractivity contribution in [2.45, 2.75) is 51.2 Å². The van der Waals surface area contributed by atoms with Crippen molar-refractivity contribution in [1.29, 1.82) is 0 Å². The molecule has 0 aliphatic heterocycles. The molecule has 1 aromatic heterocycles. The van der Waals surface area contributed by atoms with Crippen molar-refractivity contribution >= 4 is 50.5 Å². The standard InChI is InChI=1S/C26H28Cl2FN3O4S2/c1-16-24(26(37)30-18-4-2-5-20(33)15-18)31-25(22-11-6-17(27)14-23(22)28)32(16)19-7-9-21(10-8-19)36-38(34,35)13-3-12-29/h6-11,14,18,20,33H,2-5,12-13,15H2,1H3,(H,30,37). The highest BCUT2D eigenvalue weighted by Gasteiger charge is 2.25. The summed E-state index contributed by atoms with van der Waals surface area (Å²) >= 11 is 18.4. The zero-order valence-electron chi connectivity index (χ0n) is 20.7. The van der Waals surface area contributed by atoms with Gasteiger partial charge in [0.15, 0.2) is 0 Å². The van der Waals surface area contributed by atoms with Crippen LogP contribution in [0.5, 0.6) is 5.75 Å². The number of hydrogen-bond donors (Lipinski definition) is 2. The van der Waals surface area contributed by atoms with Gasteiger partial charge >= 0.3 is 10.1 Å². The molecule has 3 aromatic rings. The van der Waals surface area contributed by atoms with Crippen LogP contribution in [0.4, 0.5) is 4.39 Å². The topological polar surface area (TPSA) is 93.4 Å². The Bertz CT molecular complexity index is 1410. The number of aromatic nitrogens is 2. The molecule has 38 heavy (non-hydrogen) atoms. The highest BCUT2D eigenvalue weighted by molar-refractivity contribution is 7.87. The molecule has 4 rings (SSSR count). The Labute approximate surface area is 237 Å². The number of aliphatic hydroxyl groups is 1. The van der Waals surface area contributed by atoms with Gasteiger partial charge in [-0.2, -0.15) is 8.42 Å². The van der Waals surface area contributed by atoms with E-state index in [9.17, 15) is 17.9 Å². The molecule has 1 saturated carbocycles. The van der Waals surface area contributed by atoms with E-state index in [1.54, 1.807) is 30.3 Å². The molecular weight excluding hydrogens is 572 g/mol. The molecule has 2 aromatic carbocycles. The lowest BCUT2D eigenvalue weighted by Crippen LogP contribution is -2.39. The number of nitrogens with zero attached hydrogens (tertiary/aromatic N) is 2. The van der Waals surface area contributed by atoms with Crippen LogP contribution in [0.2, 0.25) is 10.0 Å². The minimum absolute atomic E-state index is 0.0501. The third-order valence-electron chi connectivity index (χ3n) is 6.32. The molecule has 0 radical (unpaired) electrons. The van der Waals surface area contributed by atoms with Gasteiger partial charge in [-0.25, -0.2) is 4.98 Å². The molecule has 204 valence electrons. The maximum Gasteiger partial charge on any atom is 0.309 e. The minimum Gasteiger partial charge on any atom is -0.393 e. The zero-order valence-corrected chi connectivity index (χ0v) is 23.8. The summed E-state index contributed by atoms with van der Waals surface area (Å²) in [7, 11) is -3.90. The Morgan fingerprint density at radius 3 is 2.63 bits per heavy atom. The molecule has 2 unspecified atom stereocenters. The predicted molar refractivity (Wildman–Crippen MR) is 152 cm³/mol. The fraction of sp³-hybridized carbons (Fsp3) is 0.385. The van der Waals surface area contributed by atoms with Crippen LogP contribution in [0.1, 0.15) is 43.5 Å². The molecule has 1 heterocycles. The van der Waals surface area contributed by atoms with E-state index in [1.807, 2.05) is 11.5 Å². The van der Waals surface area contributed by atoms with Crippen LogP contribution in [0, 0.1) is 6.92 Å². The van der Waals surface area contributed by atoms with Crippen molar-refractivity contribution in [3.8, 4) is 22.8 Å². The van der Waals surface area contributed by atoms with Gasteiger partial charge in [0, 0.05) is 22.3 Å². The summed E-state index contributed by atoms with van der Waals surface area (Å²) in [5.41, 5.74) is 2.61. The first-order valence-electron chi connectivity index (χ1n) is 12.2. The van der Waals surface area contributed by atoms with E-state index in [0.717, 1.165) is 25.0 Å². The third-order valence-corrected chi connectivity index (χ3v) is 8.42. The van der Waals surface area contributed by atoms with Gasteiger partial charge in [-0.15, -0.1) is 0 Å². The molecule has 1 aliphatic carbocycles. The summed E-state index contributed by atoms with van der Waals surface area (Å²) in [5, 5.41) is 14.3. The number of nitrogens with one attached hydrogen (secondary N) is 1. The zero-order chi connectivity index (χ0) is 27.4. The Morgan fingerprint density at radius 1 is 1.24 bits per heavy atom. The van der Waals surface area contributed by atoms with Gasteiger partial charge in [0.25, 0.3) is 0 Å². The third kappa shape index (κ3) is 6.84. The van der Waals surface area contributed by atoms with Crippen LogP contribution in [0.15, 0.2) is 42.5 Å². The number of alkyl halides is 1. The minimum atomic E-state index is -3.90. The van der Waals surface area contributed by atoms with E-state index in [4.69, 9.17) is 44.6 Å². The molecule has 0 bridgehead atoms. The molecule has 0 spiro atoms. The van der Waals surface area contributed by atoms with Crippen molar-refractivity contribution in [2.75, 3.05) is 12.4 Å². The second-order valence-electron chi connectivity index (χ2n) is 9.20. The lowest BCUT2D eigenvalue weighted by atomic mass is 9.93. The summed E-state index contributed by atoms with van der Waals surface area (Å²) in [6.07, 6.45) is 2.74.